The van der Waals surface area contributed by atoms with Crippen LogP contribution in [0.2, 0.25) is 0 Å². The molecule has 0 amide bonds. The number of H-pyrrole nitrogens is 1. The summed E-state index contributed by atoms with van der Waals surface area (Å²) in [6, 6.07) is 32.3. The van der Waals surface area contributed by atoms with Crippen molar-refractivity contribution in [2.75, 3.05) is 13.1 Å². The van der Waals surface area contributed by atoms with Crippen molar-refractivity contribution in [1.29, 1.82) is 0 Å². The lowest BCUT2D eigenvalue weighted by molar-refractivity contribution is -0.183. The molecule has 206 valence electrons. The van der Waals surface area contributed by atoms with E-state index in [1.807, 2.05) is 24.3 Å². The van der Waals surface area contributed by atoms with E-state index in [1.165, 1.54) is 17.2 Å². The second-order valence-corrected chi connectivity index (χ2v) is 10.9. The molecule has 6 N–H and O–H groups in total. The van der Waals surface area contributed by atoms with Gasteiger partial charge in [0.15, 0.2) is 0 Å². The SMILES string of the molecule is O=c1[nH]c2c(O)ccc(CC(O)(O)NCCc3cccc(CNCC(c4ccccc4)c4ccccc4)c3)c2s1. The van der Waals surface area contributed by atoms with Gasteiger partial charge in [0.1, 0.15) is 11.3 Å². The molecule has 0 aliphatic rings. The van der Waals surface area contributed by atoms with Gasteiger partial charge in [-0.1, -0.05) is 102 Å². The summed E-state index contributed by atoms with van der Waals surface area (Å²) in [6.07, 6.45) is 0.474. The number of thiazole rings is 1. The Morgan fingerprint density at radius 3 is 2.23 bits per heavy atom. The summed E-state index contributed by atoms with van der Waals surface area (Å²) in [5, 5.41) is 37.6. The summed E-state index contributed by atoms with van der Waals surface area (Å²) in [7, 11) is 0. The first kappa shape index (κ1) is 27.8. The number of nitrogens with one attached hydrogen (secondary N) is 3. The number of aromatic amines is 1. The summed E-state index contributed by atoms with van der Waals surface area (Å²) in [4.78, 5) is 14.0. The Balaban J connectivity index is 1.16. The van der Waals surface area contributed by atoms with Crippen LogP contribution in [0.5, 0.6) is 5.75 Å². The molecule has 4 aromatic carbocycles. The lowest BCUT2D eigenvalue weighted by atomic mass is 9.91. The van der Waals surface area contributed by atoms with Gasteiger partial charge in [0.25, 0.3) is 0 Å². The average Bonchev–Trinajstić information content (AvgIpc) is 3.36. The maximum Gasteiger partial charge on any atom is 0.305 e. The standard InChI is InChI=1S/C32H33N3O4S/c36-28-15-14-26(30-29(28)35-31(37)40-30)19-32(38,39)34-17-16-22-8-7-9-23(18-22)20-33-21-27(24-10-3-1-4-11-24)25-12-5-2-6-13-25/h1-15,18,27,33-34,36,38-39H,16-17,19-21H2,(H,35,37). The third-order valence-electron chi connectivity index (χ3n) is 6.97. The molecule has 0 aliphatic carbocycles. The van der Waals surface area contributed by atoms with Crippen molar-refractivity contribution in [2.45, 2.75) is 31.2 Å². The Kier molecular flexibility index (Phi) is 8.74. The van der Waals surface area contributed by atoms with Gasteiger partial charge in [0, 0.05) is 32.0 Å². The number of phenols is 1. The molecular weight excluding hydrogens is 522 g/mol. The summed E-state index contributed by atoms with van der Waals surface area (Å²) in [5.74, 6) is -1.96. The molecule has 0 saturated carbocycles. The van der Waals surface area contributed by atoms with E-state index in [9.17, 15) is 20.1 Å². The molecule has 8 heteroatoms. The van der Waals surface area contributed by atoms with Gasteiger partial charge in [-0.25, -0.2) is 0 Å². The lowest BCUT2D eigenvalue weighted by Crippen LogP contribution is -2.47. The fraction of sp³-hybridized carbons (Fsp3) is 0.219. The number of hydrogen-bond donors (Lipinski definition) is 6. The molecule has 0 bridgehead atoms. The minimum absolute atomic E-state index is 0.0448. The highest BCUT2D eigenvalue weighted by Crippen LogP contribution is 2.29. The molecule has 0 unspecified atom stereocenters. The molecule has 1 aromatic heterocycles. The van der Waals surface area contributed by atoms with E-state index >= 15 is 0 Å². The maximum absolute atomic E-state index is 11.8. The normalized spacial score (nSPS) is 11.9. The molecule has 7 nitrogen and oxygen atoms in total. The van der Waals surface area contributed by atoms with Crippen molar-refractivity contribution in [2.24, 2.45) is 0 Å². The van der Waals surface area contributed by atoms with E-state index in [0.717, 1.165) is 35.6 Å². The molecule has 5 rings (SSSR count). The molecule has 0 fully saturated rings. The van der Waals surface area contributed by atoms with Crippen LogP contribution in [-0.2, 0) is 19.4 Å². The van der Waals surface area contributed by atoms with Crippen LogP contribution < -0.4 is 15.5 Å². The first-order valence-electron chi connectivity index (χ1n) is 13.3. The molecule has 0 aliphatic heterocycles. The second-order valence-electron chi connectivity index (χ2n) is 9.96. The summed E-state index contributed by atoms with van der Waals surface area (Å²) in [5.41, 5.74) is 5.66. The predicted molar refractivity (Wildman–Crippen MR) is 160 cm³/mol. The Hall–Kier alpha value is -3.79. The van der Waals surface area contributed by atoms with Crippen LogP contribution in [0, 0.1) is 0 Å². The van der Waals surface area contributed by atoms with Crippen LogP contribution in [0.3, 0.4) is 0 Å². The predicted octanol–water partition coefficient (Wildman–Crippen LogP) is 4.23. The maximum atomic E-state index is 11.8. The van der Waals surface area contributed by atoms with E-state index in [-0.39, 0.29) is 23.0 Å². The number of rotatable bonds is 12. The third-order valence-corrected chi connectivity index (χ3v) is 7.93. The zero-order valence-corrected chi connectivity index (χ0v) is 22.8. The van der Waals surface area contributed by atoms with Crippen molar-refractivity contribution in [1.82, 2.24) is 15.6 Å². The fourth-order valence-corrected chi connectivity index (χ4v) is 5.87. The van der Waals surface area contributed by atoms with Crippen LogP contribution in [-0.4, -0.2) is 39.3 Å². The van der Waals surface area contributed by atoms with E-state index < -0.39 is 5.91 Å². The smallest absolute Gasteiger partial charge is 0.305 e. The third kappa shape index (κ3) is 7.04. The number of hydrogen-bond acceptors (Lipinski definition) is 7. The van der Waals surface area contributed by atoms with Crippen molar-refractivity contribution in [3.8, 4) is 5.75 Å². The highest BCUT2D eigenvalue weighted by atomic mass is 32.1. The number of aliphatic hydroxyl groups is 2. The molecule has 0 radical (unpaired) electrons. The second kappa shape index (κ2) is 12.6. The first-order valence-corrected chi connectivity index (χ1v) is 14.1. The van der Waals surface area contributed by atoms with E-state index in [0.29, 0.717) is 28.7 Å². The van der Waals surface area contributed by atoms with E-state index in [4.69, 9.17) is 0 Å². The van der Waals surface area contributed by atoms with Gasteiger partial charge in [0.2, 0.25) is 5.91 Å². The van der Waals surface area contributed by atoms with Crippen LogP contribution >= 0.6 is 11.3 Å². The minimum Gasteiger partial charge on any atom is -0.506 e. The summed E-state index contributed by atoms with van der Waals surface area (Å²) in [6.45, 7) is 1.87. The molecule has 1 heterocycles. The zero-order valence-electron chi connectivity index (χ0n) is 22.0. The molecular formula is C32H33N3O4S. The summed E-state index contributed by atoms with van der Waals surface area (Å²) >= 11 is 0.934. The van der Waals surface area contributed by atoms with Gasteiger partial charge in [-0.2, -0.15) is 0 Å². The van der Waals surface area contributed by atoms with E-state index in [2.05, 4.69) is 76.3 Å². The fourth-order valence-electron chi connectivity index (χ4n) is 5.00. The molecule has 0 spiro atoms. The van der Waals surface area contributed by atoms with Gasteiger partial charge in [0.05, 0.1) is 4.70 Å². The van der Waals surface area contributed by atoms with E-state index in [1.54, 1.807) is 6.07 Å². The van der Waals surface area contributed by atoms with Gasteiger partial charge >= 0.3 is 4.87 Å². The Morgan fingerprint density at radius 1 is 0.850 bits per heavy atom. The Bertz CT molecular complexity index is 1560. The number of phenolic OH excluding ortho intramolecular Hbond substituents is 1. The van der Waals surface area contributed by atoms with Crippen LogP contribution in [0.4, 0.5) is 0 Å². The Labute approximate surface area is 236 Å². The minimum atomic E-state index is -2.17. The first-order chi connectivity index (χ1) is 19.4. The van der Waals surface area contributed by atoms with Crippen molar-refractivity contribution < 1.29 is 15.3 Å². The van der Waals surface area contributed by atoms with Crippen LogP contribution in [0.25, 0.3) is 10.2 Å². The largest absolute Gasteiger partial charge is 0.506 e. The molecule has 0 saturated heterocycles. The zero-order chi connectivity index (χ0) is 28.0. The summed E-state index contributed by atoms with van der Waals surface area (Å²) < 4.78 is 0.515. The lowest BCUT2D eigenvalue weighted by Gasteiger charge is -2.23. The topological polar surface area (TPSA) is 118 Å². The monoisotopic (exact) mass is 555 g/mol. The highest BCUT2D eigenvalue weighted by Gasteiger charge is 2.25. The van der Waals surface area contributed by atoms with Crippen LogP contribution in [0.15, 0.2) is 102 Å². The van der Waals surface area contributed by atoms with Gasteiger partial charge in [-0.15, -0.1) is 0 Å². The molecule has 5 aromatic rings. The molecule has 0 atom stereocenters. The quantitative estimate of drug-likeness (QED) is 0.128. The van der Waals surface area contributed by atoms with Crippen molar-refractivity contribution >= 4 is 21.6 Å². The molecule has 40 heavy (non-hydrogen) atoms. The van der Waals surface area contributed by atoms with Crippen molar-refractivity contribution in [3.63, 3.8) is 0 Å². The number of benzene rings is 4. The van der Waals surface area contributed by atoms with Gasteiger partial charge < -0.3 is 25.6 Å². The van der Waals surface area contributed by atoms with Crippen LogP contribution in [0.1, 0.15) is 33.7 Å². The number of aromatic nitrogens is 1. The number of fused-ring (bicyclic) bond motifs is 1. The van der Waals surface area contributed by atoms with Gasteiger partial charge in [-0.05, 0) is 40.3 Å². The number of aromatic hydroxyl groups is 1. The average molecular weight is 556 g/mol. The Morgan fingerprint density at radius 2 is 1.52 bits per heavy atom. The highest BCUT2D eigenvalue weighted by molar-refractivity contribution is 7.16. The van der Waals surface area contributed by atoms with Crippen molar-refractivity contribution in [3.05, 3.63) is 135 Å². The van der Waals surface area contributed by atoms with Gasteiger partial charge in [-0.3, -0.25) is 10.1 Å².